The van der Waals surface area contributed by atoms with Crippen LogP contribution in [0.5, 0.6) is 0 Å². The maximum Gasteiger partial charge on any atom is 0.242 e. The Labute approximate surface area is 173 Å². The Bertz CT molecular complexity index is 1080. The van der Waals surface area contributed by atoms with E-state index < -0.39 is 10.0 Å². The minimum atomic E-state index is -3.62. The molecule has 4 rings (SSSR count). The average molecular weight is 436 g/mol. The highest BCUT2D eigenvalue weighted by Crippen LogP contribution is 2.21. The van der Waals surface area contributed by atoms with Crippen LogP contribution < -0.4 is 9.62 Å². The first-order chi connectivity index (χ1) is 14.0. The van der Waals surface area contributed by atoms with E-state index in [9.17, 15) is 12.8 Å². The van der Waals surface area contributed by atoms with Gasteiger partial charge in [-0.05, 0) is 37.2 Å². The van der Waals surface area contributed by atoms with Gasteiger partial charge in [0.2, 0.25) is 10.0 Å². The summed E-state index contributed by atoms with van der Waals surface area (Å²) in [5.41, 5.74) is 1.64. The average Bonchev–Trinajstić information content (AvgIpc) is 3.21. The zero-order chi connectivity index (χ0) is 20.3. The zero-order valence-corrected chi connectivity index (χ0v) is 17.4. The molecule has 154 valence electrons. The van der Waals surface area contributed by atoms with Crippen LogP contribution in [0.1, 0.15) is 6.42 Å². The molecular weight excluding hydrogens is 413 g/mol. The highest BCUT2D eigenvalue weighted by Gasteiger charge is 2.21. The van der Waals surface area contributed by atoms with Gasteiger partial charge in [-0.25, -0.2) is 17.5 Å². The lowest BCUT2D eigenvalue weighted by atomic mass is 10.2. The molecule has 0 saturated carbocycles. The van der Waals surface area contributed by atoms with Crippen molar-refractivity contribution in [3.8, 4) is 0 Å². The molecule has 0 bridgehead atoms. The van der Waals surface area contributed by atoms with E-state index in [1.54, 1.807) is 30.3 Å². The van der Waals surface area contributed by atoms with E-state index in [0.717, 1.165) is 44.5 Å². The van der Waals surface area contributed by atoms with Crippen LogP contribution in [0.2, 0.25) is 0 Å². The Morgan fingerprint density at radius 2 is 1.83 bits per heavy atom. The fourth-order valence-corrected chi connectivity index (χ4v) is 5.34. The summed E-state index contributed by atoms with van der Waals surface area (Å²) >= 11 is 1.00. The van der Waals surface area contributed by atoms with Gasteiger partial charge < -0.3 is 4.90 Å². The molecule has 1 aromatic heterocycles. The van der Waals surface area contributed by atoms with Crippen molar-refractivity contribution >= 4 is 38.5 Å². The Morgan fingerprint density at radius 1 is 1.03 bits per heavy atom. The molecule has 0 aliphatic carbocycles. The van der Waals surface area contributed by atoms with Crippen LogP contribution in [0.15, 0.2) is 47.4 Å². The van der Waals surface area contributed by atoms with E-state index in [1.807, 2.05) is 6.07 Å². The standard InChI is InChI=1S/C19H22FN5O2S2/c20-15-5-1-2-7-17(15)25-13-11-24(12-14-25)10-4-9-21-29(26,27)18-8-3-6-16-19(18)23-28-22-16/h1-3,5-8,21H,4,9-14H2. The van der Waals surface area contributed by atoms with Gasteiger partial charge in [0.15, 0.2) is 0 Å². The Hall–Kier alpha value is -2.14. The molecule has 0 radical (unpaired) electrons. The first-order valence-corrected chi connectivity index (χ1v) is 11.7. The highest BCUT2D eigenvalue weighted by atomic mass is 32.2. The van der Waals surface area contributed by atoms with Crippen molar-refractivity contribution in [3.05, 3.63) is 48.3 Å². The van der Waals surface area contributed by atoms with Crippen LogP contribution in [-0.2, 0) is 10.0 Å². The van der Waals surface area contributed by atoms with Gasteiger partial charge in [0.05, 0.1) is 17.4 Å². The fourth-order valence-electron chi connectivity index (χ4n) is 3.51. The molecule has 0 spiro atoms. The van der Waals surface area contributed by atoms with Crippen molar-refractivity contribution in [2.45, 2.75) is 11.3 Å². The number of nitrogens with one attached hydrogen (secondary N) is 1. The third kappa shape index (κ3) is 4.55. The maximum absolute atomic E-state index is 13.9. The third-order valence-corrected chi connectivity index (χ3v) is 7.08. The number of halogens is 1. The minimum Gasteiger partial charge on any atom is -0.367 e. The lowest BCUT2D eigenvalue weighted by Gasteiger charge is -2.36. The Kier molecular flexibility index (Phi) is 6.04. The van der Waals surface area contributed by atoms with Crippen molar-refractivity contribution in [2.24, 2.45) is 0 Å². The summed E-state index contributed by atoms with van der Waals surface area (Å²) in [6.45, 7) is 4.30. The molecule has 0 atom stereocenters. The van der Waals surface area contributed by atoms with Crippen LogP contribution in [0.3, 0.4) is 0 Å². The summed E-state index contributed by atoms with van der Waals surface area (Å²) in [5.74, 6) is -0.194. The van der Waals surface area contributed by atoms with Crippen molar-refractivity contribution in [2.75, 3.05) is 44.2 Å². The molecule has 1 saturated heterocycles. The van der Waals surface area contributed by atoms with E-state index in [4.69, 9.17) is 0 Å². The van der Waals surface area contributed by atoms with Gasteiger partial charge in [0.1, 0.15) is 21.7 Å². The fraction of sp³-hybridized carbons (Fsp3) is 0.368. The summed E-state index contributed by atoms with van der Waals surface area (Å²) in [6.07, 6.45) is 0.699. The first-order valence-electron chi connectivity index (χ1n) is 9.47. The second-order valence-electron chi connectivity index (χ2n) is 6.92. The maximum atomic E-state index is 13.9. The molecule has 0 unspecified atom stereocenters. The number of aromatic nitrogens is 2. The number of piperazine rings is 1. The number of hydrogen-bond acceptors (Lipinski definition) is 7. The first kappa shape index (κ1) is 20.1. The van der Waals surface area contributed by atoms with Gasteiger partial charge in [-0.2, -0.15) is 8.75 Å². The molecule has 0 amide bonds. The summed E-state index contributed by atoms with van der Waals surface area (Å²) in [7, 11) is -3.62. The number of anilines is 1. The smallest absolute Gasteiger partial charge is 0.242 e. The summed E-state index contributed by atoms with van der Waals surface area (Å²) in [5, 5.41) is 0. The van der Waals surface area contributed by atoms with Crippen LogP contribution in [-0.4, -0.2) is 61.3 Å². The lowest BCUT2D eigenvalue weighted by Crippen LogP contribution is -2.47. The molecule has 2 aromatic carbocycles. The molecule has 7 nitrogen and oxygen atoms in total. The van der Waals surface area contributed by atoms with Crippen LogP contribution >= 0.6 is 11.7 Å². The number of fused-ring (bicyclic) bond motifs is 1. The minimum absolute atomic E-state index is 0.169. The van der Waals surface area contributed by atoms with E-state index >= 15 is 0 Å². The number of benzene rings is 2. The summed E-state index contributed by atoms with van der Waals surface area (Å²) < 4.78 is 50.0. The molecule has 29 heavy (non-hydrogen) atoms. The van der Waals surface area contributed by atoms with E-state index in [2.05, 4.69) is 23.3 Å². The molecule has 1 fully saturated rings. The third-order valence-electron chi connectivity index (χ3n) is 5.05. The molecule has 1 aliphatic heterocycles. The molecule has 10 heteroatoms. The number of sulfonamides is 1. The molecule has 1 N–H and O–H groups in total. The topological polar surface area (TPSA) is 78.4 Å². The van der Waals surface area contributed by atoms with Gasteiger partial charge in [-0.15, -0.1) is 0 Å². The summed E-state index contributed by atoms with van der Waals surface area (Å²) in [6, 6.07) is 11.8. The van der Waals surface area contributed by atoms with Gasteiger partial charge >= 0.3 is 0 Å². The SMILES string of the molecule is O=S(=O)(NCCCN1CCN(c2ccccc2F)CC1)c1cccc2nsnc12. The number of nitrogens with zero attached hydrogens (tertiary/aromatic N) is 4. The van der Waals surface area contributed by atoms with Crippen LogP contribution in [0.25, 0.3) is 11.0 Å². The van der Waals surface area contributed by atoms with Gasteiger partial charge in [0.25, 0.3) is 0 Å². The number of para-hydroxylation sites is 1. The van der Waals surface area contributed by atoms with Crippen molar-refractivity contribution in [3.63, 3.8) is 0 Å². The molecule has 1 aliphatic rings. The van der Waals surface area contributed by atoms with Gasteiger partial charge in [-0.1, -0.05) is 18.2 Å². The number of hydrogen-bond donors (Lipinski definition) is 1. The van der Waals surface area contributed by atoms with E-state index in [0.29, 0.717) is 29.7 Å². The van der Waals surface area contributed by atoms with Gasteiger partial charge in [-0.3, -0.25) is 4.90 Å². The lowest BCUT2D eigenvalue weighted by molar-refractivity contribution is 0.255. The zero-order valence-electron chi connectivity index (χ0n) is 15.8. The highest BCUT2D eigenvalue weighted by molar-refractivity contribution is 7.89. The van der Waals surface area contributed by atoms with E-state index in [1.165, 1.54) is 6.07 Å². The Balaban J connectivity index is 1.25. The van der Waals surface area contributed by atoms with Crippen LogP contribution in [0, 0.1) is 5.82 Å². The van der Waals surface area contributed by atoms with E-state index in [-0.39, 0.29) is 10.7 Å². The molecule has 3 aromatic rings. The van der Waals surface area contributed by atoms with Crippen molar-refractivity contribution in [1.29, 1.82) is 0 Å². The van der Waals surface area contributed by atoms with Crippen LogP contribution in [0.4, 0.5) is 10.1 Å². The largest absolute Gasteiger partial charge is 0.367 e. The second-order valence-corrected chi connectivity index (χ2v) is 9.18. The Morgan fingerprint density at radius 3 is 2.62 bits per heavy atom. The van der Waals surface area contributed by atoms with Gasteiger partial charge in [0, 0.05) is 32.7 Å². The van der Waals surface area contributed by atoms with Crippen molar-refractivity contribution in [1.82, 2.24) is 18.4 Å². The normalized spacial score (nSPS) is 15.8. The second kappa shape index (κ2) is 8.70. The molecule has 2 heterocycles. The predicted molar refractivity (Wildman–Crippen MR) is 112 cm³/mol. The van der Waals surface area contributed by atoms with Crippen molar-refractivity contribution < 1.29 is 12.8 Å². The summed E-state index contributed by atoms with van der Waals surface area (Å²) in [4.78, 5) is 4.50. The predicted octanol–water partition coefficient (Wildman–Crippen LogP) is 2.32. The molecular formula is C19H22FN5O2S2. The monoisotopic (exact) mass is 435 g/mol. The number of rotatable bonds is 7. The quantitative estimate of drug-likeness (QED) is 0.574.